The average molecular weight is 211 g/mol. The van der Waals surface area contributed by atoms with E-state index < -0.39 is 12.0 Å². The summed E-state index contributed by atoms with van der Waals surface area (Å²) in [7, 11) is 0. The molecular weight excluding hydrogens is 194 g/mol. The summed E-state index contributed by atoms with van der Waals surface area (Å²) in [6.07, 6.45) is 4.33. The smallest absolute Gasteiger partial charge is 0.322 e. The van der Waals surface area contributed by atoms with Crippen molar-refractivity contribution in [2.45, 2.75) is 32.4 Å². The third kappa shape index (κ3) is 3.06. The van der Waals surface area contributed by atoms with Crippen molar-refractivity contribution in [3.63, 3.8) is 0 Å². The molecule has 0 aliphatic rings. The molecule has 5 heteroatoms. The van der Waals surface area contributed by atoms with Gasteiger partial charge in [0.05, 0.1) is 6.04 Å². The Hall–Kier alpha value is -1.36. The predicted octanol–water partition coefficient (Wildman–Crippen LogP) is 0.897. The molecule has 5 nitrogen and oxygen atoms in total. The average Bonchev–Trinajstić information content (AvgIpc) is 2.70. The maximum Gasteiger partial charge on any atom is 0.322 e. The molecule has 1 rings (SSSR count). The Morgan fingerprint density at radius 2 is 2.40 bits per heavy atom. The molecule has 1 aromatic rings. The Morgan fingerprint density at radius 1 is 1.67 bits per heavy atom. The minimum absolute atomic E-state index is 0.191. The van der Waals surface area contributed by atoms with Gasteiger partial charge in [-0.25, -0.2) is 0 Å². The number of aromatic nitrogens is 2. The molecule has 0 aliphatic carbocycles. The highest BCUT2D eigenvalue weighted by atomic mass is 16.4. The maximum absolute atomic E-state index is 11.0. The fourth-order valence-corrected chi connectivity index (χ4v) is 1.44. The Bertz CT molecular complexity index is 298. The van der Waals surface area contributed by atoms with Crippen LogP contribution in [0, 0.1) is 0 Å². The lowest BCUT2D eigenvalue weighted by Gasteiger charge is -2.21. The van der Waals surface area contributed by atoms with Crippen molar-refractivity contribution < 1.29 is 9.90 Å². The van der Waals surface area contributed by atoms with Gasteiger partial charge in [0.15, 0.2) is 0 Å². The normalized spacial score (nSPS) is 14.8. The Morgan fingerprint density at radius 3 is 2.87 bits per heavy atom. The summed E-state index contributed by atoms with van der Waals surface area (Å²) in [5, 5.41) is 16.1. The first kappa shape index (κ1) is 11.7. The summed E-state index contributed by atoms with van der Waals surface area (Å²) in [5.74, 6) is -0.841. The molecule has 0 radical (unpaired) electrons. The molecule has 2 atom stereocenters. The second-order valence-electron chi connectivity index (χ2n) is 3.50. The van der Waals surface area contributed by atoms with Crippen LogP contribution in [0.1, 0.15) is 26.3 Å². The van der Waals surface area contributed by atoms with Gasteiger partial charge in [0.2, 0.25) is 0 Å². The van der Waals surface area contributed by atoms with Gasteiger partial charge in [-0.1, -0.05) is 6.92 Å². The third-order valence-electron chi connectivity index (χ3n) is 2.30. The largest absolute Gasteiger partial charge is 0.480 e. The van der Waals surface area contributed by atoms with Gasteiger partial charge in [-0.2, -0.15) is 5.10 Å². The van der Waals surface area contributed by atoms with E-state index in [1.807, 2.05) is 13.8 Å². The quantitative estimate of drug-likeness (QED) is 0.733. The standard InChI is InChI=1S/C10H17N3O2/c1-3-5-11-9(10(14)15)8(2)13-7-4-6-12-13/h4,6-9,11H,3,5H2,1-2H3,(H,14,15). The van der Waals surface area contributed by atoms with Crippen LogP contribution in [0.3, 0.4) is 0 Å². The van der Waals surface area contributed by atoms with E-state index in [0.717, 1.165) is 6.42 Å². The van der Waals surface area contributed by atoms with Crippen LogP contribution in [0.15, 0.2) is 18.5 Å². The van der Waals surface area contributed by atoms with Crippen molar-refractivity contribution in [3.05, 3.63) is 18.5 Å². The minimum Gasteiger partial charge on any atom is -0.480 e. The number of hydrogen-bond acceptors (Lipinski definition) is 3. The monoisotopic (exact) mass is 211 g/mol. The highest BCUT2D eigenvalue weighted by Gasteiger charge is 2.25. The summed E-state index contributed by atoms with van der Waals surface area (Å²) in [4.78, 5) is 11.0. The molecule has 1 heterocycles. The van der Waals surface area contributed by atoms with Crippen LogP contribution in [0.2, 0.25) is 0 Å². The van der Waals surface area contributed by atoms with E-state index in [1.165, 1.54) is 0 Å². The van der Waals surface area contributed by atoms with Crippen molar-refractivity contribution in [2.24, 2.45) is 0 Å². The molecule has 1 aromatic heterocycles. The summed E-state index contributed by atoms with van der Waals surface area (Å²) in [6, 6.07) is 1.00. The fraction of sp³-hybridized carbons (Fsp3) is 0.600. The summed E-state index contributed by atoms with van der Waals surface area (Å²) in [5.41, 5.74) is 0. The van der Waals surface area contributed by atoms with Crippen LogP contribution in [0.5, 0.6) is 0 Å². The molecule has 0 aliphatic heterocycles. The molecular formula is C10H17N3O2. The molecule has 0 bridgehead atoms. The minimum atomic E-state index is -0.841. The maximum atomic E-state index is 11.0. The van der Waals surface area contributed by atoms with Crippen molar-refractivity contribution >= 4 is 5.97 Å². The molecule has 0 fully saturated rings. The highest BCUT2D eigenvalue weighted by Crippen LogP contribution is 2.09. The van der Waals surface area contributed by atoms with Crippen LogP contribution in [0.25, 0.3) is 0 Å². The van der Waals surface area contributed by atoms with Gasteiger partial charge in [-0.3, -0.25) is 9.48 Å². The molecule has 2 N–H and O–H groups in total. The van der Waals surface area contributed by atoms with Gasteiger partial charge >= 0.3 is 5.97 Å². The van der Waals surface area contributed by atoms with Crippen molar-refractivity contribution in [2.75, 3.05) is 6.54 Å². The zero-order valence-electron chi connectivity index (χ0n) is 9.05. The van der Waals surface area contributed by atoms with Crippen molar-refractivity contribution in [1.82, 2.24) is 15.1 Å². The molecule has 0 spiro atoms. The number of hydrogen-bond donors (Lipinski definition) is 2. The summed E-state index contributed by atoms with van der Waals surface area (Å²) < 4.78 is 1.65. The molecule has 15 heavy (non-hydrogen) atoms. The topological polar surface area (TPSA) is 67.2 Å². The number of nitrogens with zero attached hydrogens (tertiary/aromatic N) is 2. The lowest BCUT2D eigenvalue weighted by atomic mass is 10.1. The lowest BCUT2D eigenvalue weighted by Crippen LogP contribution is -2.43. The first-order chi connectivity index (χ1) is 7.16. The van der Waals surface area contributed by atoms with Gasteiger partial charge in [-0.05, 0) is 26.0 Å². The molecule has 0 amide bonds. The Balaban J connectivity index is 2.67. The number of carboxylic acid groups (broad SMARTS) is 1. The second-order valence-corrected chi connectivity index (χ2v) is 3.50. The number of rotatable bonds is 6. The van der Waals surface area contributed by atoms with Crippen LogP contribution in [0.4, 0.5) is 0 Å². The SMILES string of the molecule is CCCNC(C(=O)O)C(C)n1cccn1. The highest BCUT2D eigenvalue weighted by molar-refractivity contribution is 5.74. The van der Waals surface area contributed by atoms with E-state index in [2.05, 4.69) is 10.4 Å². The first-order valence-corrected chi connectivity index (χ1v) is 5.12. The van der Waals surface area contributed by atoms with Gasteiger partial charge < -0.3 is 10.4 Å². The van der Waals surface area contributed by atoms with E-state index in [1.54, 1.807) is 23.1 Å². The van der Waals surface area contributed by atoms with Crippen molar-refractivity contribution in [3.8, 4) is 0 Å². The van der Waals surface area contributed by atoms with Gasteiger partial charge in [0.25, 0.3) is 0 Å². The van der Waals surface area contributed by atoms with E-state index in [4.69, 9.17) is 5.11 Å². The molecule has 84 valence electrons. The van der Waals surface area contributed by atoms with Crippen LogP contribution >= 0.6 is 0 Å². The van der Waals surface area contributed by atoms with Crippen LogP contribution in [-0.2, 0) is 4.79 Å². The molecule has 0 aromatic carbocycles. The number of nitrogens with one attached hydrogen (secondary N) is 1. The summed E-state index contributed by atoms with van der Waals surface area (Å²) >= 11 is 0. The van der Waals surface area contributed by atoms with Crippen LogP contribution < -0.4 is 5.32 Å². The molecule has 0 saturated carbocycles. The molecule has 2 unspecified atom stereocenters. The first-order valence-electron chi connectivity index (χ1n) is 5.12. The zero-order valence-corrected chi connectivity index (χ0v) is 9.05. The van der Waals surface area contributed by atoms with Crippen molar-refractivity contribution in [1.29, 1.82) is 0 Å². The van der Waals surface area contributed by atoms with E-state index in [0.29, 0.717) is 6.54 Å². The number of carboxylic acids is 1. The Kier molecular flexibility index (Phi) is 4.30. The third-order valence-corrected chi connectivity index (χ3v) is 2.30. The van der Waals surface area contributed by atoms with E-state index in [9.17, 15) is 4.79 Å². The fourth-order valence-electron chi connectivity index (χ4n) is 1.44. The number of aliphatic carboxylic acids is 1. The predicted molar refractivity (Wildman–Crippen MR) is 56.7 cm³/mol. The lowest BCUT2D eigenvalue weighted by molar-refractivity contribution is -0.140. The second kappa shape index (κ2) is 5.50. The van der Waals surface area contributed by atoms with Gasteiger partial charge in [0, 0.05) is 12.4 Å². The Labute approximate surface area is 89.1 Å². The van der Waals surface area contributed by atoms with E-state index in [-0.39, 0.29) is 6.04 Å². The summed E-state index contributed by atoms with van der Waals surface area (Å²) in [6.45, 7) is 4.54. The van der Waals surface area contributed by atoms with Gasteiger partial charge in [0.1, 0.15) is 6.04 Å². The number of carbonyl (C=O) groups is 1. The molecule has 0 saturated heterocycles. The van der Waals surface area contributed by atoms with Gasteiger partial charge in [-0.15, -0.1) is 0 Å². The van der Waals surface area contributed by atoms with Crippen LogP contribution in [-0.4, -0.2) is 33.4 Å². The van der Waals surface area contributed by atoms with E-state index >= 15 is 0 Å². The zero-order chi connectivity index (χ0) is 11.3.